The van der Waals surface area contributed by atoms with Crippen molar-refractivity contribution in [2.75, 3.05) is 0 Å². The third-order valence-electron chi connectivity index (χ3n) is 2.34. The van der Waals surface area contributed by atoms with E-state index in [4.69, 9.17) is 9.84 Å². The summed E-state index contributed by atoms with van der Waals surface area (Å²) in [6, 6.07) is 5.48. The normalized spacial score (nSPS) is 12.4. The Kier molecular flexibility index (Phi) is 5.88. The number of hydrogen-bond donors (Lipinski definition) is 3. The zero-order valence-electron chi connectivity index (χ0n) is 9.59. The molecule has 0 saturated carbocycles. The molecule has 0 aliphatic heterocycles. The number of carboxylic acid groups (broad SMARTS) is 1. The maximum absolute atomic E-state index is 10.9. The molecule has 1 N–H and O–H groups in total. The minimum absolute atomic E-state index is 0.254. The Morgan fingerprint density at radius 1 is 1.47 bits per heavy atom. The van der Waals surface area contributed by atoms with Crippen molar-refractivity contribution in [1.29, 1.82) is 0 Å². The van der Waals surface area contributed by atoms with E-state index in [1.165, 1.54) is 0 Å². The Labute approximate surface area is 112 Å². The van der Waals surface area contributed by atoms with Crippen LogP contribution < -0.4 is 0 Å². The standard InChI is InChI=1S/C12H16O3S2/c1-2-3-10(12(13)14)15-7-8-4-5-9(16)6-11(8)17/h4-6,10,16-17H,2-3,7H2,1H3,(H,13,14). The van der Waals surface area contributed by atoms with Crippen LogP contribution in [0.25, 0.3) is 0 Å². The van der Waals surface area contributed by atoms with E-state index in [1.54, 1.807) is 6.07 Å². The van der Waals surface area contributed by atoms with Crippen LogP contribution in [-0.4, -0.2) is 17.2 Å². The van der Waals surface area contributed by atoms with E-state index in [0.29, 0.717) is 6.42 Å². The fourth-order valence-corrected chi connectivity index (χ4v) is 1.99. The minimum atomic E-state index is -0.918. The number of ether oxygens (including phenoxy) is 1. The number of carbonyl (C=O) groups is 1. The van der Waals surface area contributed by atoms with Gasteiger partial charge in [0.15, 0.2) is 6.10 Å². The van der Waals surface area contributed by atoms with E-state index in [0.717, 1.165) is 21.8 Å². The molecule has 1 unspecified atom stereocenters. The van der Waals surface area contributed by atoms with Gasteiger partial charge in [0, 0.05) is 9.79 Å². The molecule has 3 nitrogen and oxygen atoms in total. The van der Waals surface area contributed by atoms with Gasteiger partial charge >= 0.3 is 5.97 Å². The highest BCUT2D eigenvalue weighted by molar-refractivity contribution is 7.81. The van der Waals surface area contributed by atoms with Crippen molar-refractivity contribution in [1.82, 2.24) is 0 Å². The molecule has 0 heterocycles. The topological polar surface area (TPSA) is 46.5 Å². The molecule has 0 fully saturated rings. The maximum atomic E-state index is 10.9. The van der Waals surface area contributed by atoms with Crippen LogP contribution in [0.4, 0.5) is 0 Å². The van der Waals surface area contributed by atoms with Gasteiger partial charge in [-0.1, -0.05) is 19.4 Å². The molecule has 1 rings (SSSR count). The summed E-state index contributed by atoms with van der Waals surface area (Å²) < 4.78 is 5.38. The average Bonchev–Trinajstić information content (AvgIpc) is 2.25. The summed E-state index contributed by atoms with van der Waals surface area (Å²) in [6.07, 6.45) is 0.547. The van der Waals surface area contributed by atoms with Crippen molar-refractivity contribution in [3.8, 4) is 0 Å². The summed E-state index contributed by atoms with van der Waals surface area (Å²) in [5.41, 5.74) is 0.869. The van der Waals surface area contributed by atoms with Crippen molar-refractivity contribution >= 4 is 31.2 Å². The van der Waals surface area contributed by atoms with Crippen LogP contribution in [0.5, 0.6) is 0 Å². The second-order valence-electron chi connectivity index (χ2n) is 3.74. The first-order chi connectivity index (χ1) is 8.04. The molecule has 94 valence electrons. The molecule has 17 heavy (non-hydrogen) atoms. The number of thiol groups is 2. The van der Waals surface area contributed by atoms with Crippen molar-refractivity contribution in [3.05, 3.63) is 23.8 Å². The van der Waals surface area contributed by atoms with Crippen molar-refractivity contribution < 1.29 is 14.6 Å². The van der Waals surface area contributed by atoms with Crippen LogP contribution in [0, 0.1) is 0 Å². The fraction of sp³-hybridized carbons (Fsp3) is 0.417. The van der Waals surface area contributed by atoms with E-state index >= 15 is 0 Å². The summed E-state index contributed by atoms with van der Waals surface area (Å²) in [5.74, 6) is -0.918. The van der Waals surface area contributed by atoms with Gasteiger partial charge in [-0.15, -0.1) is 25.3 Å². The zero-order valence-corrected chi connectivity index (χ0v) is 11.4. The molecule has 0 aliphatic carbocycles. The molecular formula is C12H16O3S2. The third kappa shape index (κ3) is 4.61. The van der Waals surface area contributed by atoms with Crippen molar-refractivity contribution in [2.45, 2.75) is 42.3 Å². The van der Waals surface area contributed by atoms with Crippen LogP contribution in [0.1, 0.15) is 25.3 Å². The predicted molar refractivity (Wildman–Crippen MR) is 72.1 cm³/mol. The molecule has 0 aliphatic rings. The SMILES string of the molecule is CCCC(OCc1ccc(S)cc1S)C(=O)O. The molecule has 1 aromatic carbocycles. The van der Waals surface area contributed by atoms with Crippen molar-refractivity contribution in [3.63, 3.8) is 0 Å². The number of hydrogen-bond acceptors (Lipinski definition) is 4. The smallest absolute Gasteiger partial charge is 0.332 e. The van der Waals surface area contributed by atoms with Gasteiger partial charge in [0.05, 0.1) is 6.61 Å². The Balaban J connectivity index is 2.62. The highest BCUT2D eigenvalue weighted by Crippen LogP contribution is 2.20. The molecule has 1 aromatic rings. The van der Waals surface area contributed by atoms with Crippen LogP contribution in [0.3, 0.4) is 0 Å². The Hall–Kier alpha value is -0.650. The minimum Gasteiger partial charge on any atom is -0.479 e. The Morgan fingerprint density at radius 2 is 2.18 bits per heavy atom. The number of aliphatic carboxylic acids is 1. The third-order valence-corrected chi connectivity index (χ3v) is 3.03. The maximum Gasteiger partial charge on any atom is 0.332 e. The van der Waals surface area contributed by atoms with Crippen LogP contribution in [0.15, 0.2) is 28.0 Å². The predicted octanol–water partition coefficient (Wildman–Crippen LogP) is 3.03. The summed E-state index contributed by atoms with van der Waals surface area (Å²) in [4.78, 5) is 12.5. The van der Waals surface area contributed by atoms with Gasteiger partial charge in [-0.25, -0.2) is 4.79 Å². The number of benzene rings is 1. The molecule has 0 aromatic heterocycles. The zero-order chi connectivity index (χ0) is 12.8. The first-order valence-corrected chi connectivity index (χ1v) is 6.29. The van der Waals surface area contributed by atoms with Crippen LogP contribution >= 0.6 is 25.3 Å². The molecule has 0 bridgehead atoms. The van der Waals surface area contributed by atoms with Gasteiger partial charge in [0.25, 0.3) is 0 Å². The lowest BCUT2D eigenvalue weighted by Gasteiger charge is -2.13. The number of rotatable bonds is 6. The van der Waals surface area contributed by atoms with Crippen molar-refractivity contribution in [2.24, 2.45) is 0 Å². The molecule has 0 amide bonds. The summed E-state index contributed by atoms with van der Waals surface area (Å²) >= 11 is 8.49. The van der Waals surface area contributed by atoms with E-state index in [1.807, 2.05) is 19.1 Å². The Bertz CT molecular complexity index is 393. The summed E-state index contributed by atoms with van der Waals surface area (Å²) in [5, 5.41) is 8.94. The van der Waals surface area contributed by atoms with Gasteiger partial charge in [-0.05, 0) is 24.1 Å². The lowest BCUT2D eigenvalue weighted by Crippen LogP contribution is -2.23. The first kappa shape index (κ1) is 14.4. The quantitative estimate of drug-likeness (QED) is 0.698. The molecule has 1 atom stereocenters. The van der Waals surface area contributed by atoms with Gasteiger partial charge in [-0.2, -0.15) is 0 Å². The van der Waals surface area contributed by atoms with Crippen LogP contribution in [-0.2, 0) is 16.1 Å². The van der Waals surface area contributed by atoms with Gasteiger partial charge < -0.3 is 9.84 Å². The first-order valence-electron chi connectivity index (χ1n) is 5.39. The molecule has 5 heteroatoms. The highest BCUT2D eigenvalue weighted by atomic mass is 32.1. The van der Waals surface area contributed by atoms with E-state index in [2.05, 4.69) is 25.3 Å². The Morgan fingerprint density at radius 3 is 2.71 bits per heavy atom. The fourth-order valence-electron chi connectivity index (χ4n) is 1.40. The average molecular weight is 272 g/mol. The lowest BCUT2D eigenvalue weighted by molar-refractivity contribution is -0.151. The lowest BCUT2D eigenvalue weighted by atomic mass is 10.2. The molecule has 0 spiro atoms. The monoisotopic (exact) mass is 272 g/mol. The summed E-state index contributed by atoms with van der Waals surface area (Å²) in [6.45, 7) is 2.18. The van der Waals surface area contributed by atoms with Gasteiger partial charge in [0.1, 0.15) is 0 Å². The highest BCUT2D eigenvalue weighted by Gasteiger charge is 2.17. The second kappa shape index (κ2) is 6.93. The van der Waals surface area contributed by atoms with E-state index < -0.39 is 12.1 Å². The molecular weight excluding hydrogens is 256 g/mol. The summed E-state index contributed by atoms with van der Waals surface area (Å²) in [7, 11) is 0. The second-order valence-corrected chi connectivity index (χ2v) is 4.74. The van der Waals surface area contributed by atoms with E-state index in [9.17, 15) is 4.79 Å². The van der Waals surface area contributed by atoms with Gasteiger partial charge in [-0.3, -0.25) is 0 Å². The molecule has 0 saturated heterocycles. The van der Waals surface area contributed by atoms with Gasteiger partial charge in [0.2, 0.25) is 0 Å². The number of carboxylic acids is 1. The van der Waals surface area contributed by atoms with Crippen LogP contribution in [0.2, 0.25) is 0 Å². The van der Waals surface area contributed by atoms with E-state index in [-0.39, 0.29) is 6.61 Å². The molecule has 0 radical (unpaired) electrons. The largest absolute Gasteiger partial charge is 0.479 e.